The van der Waals surface area contributed by atoms with Gasteiger partial charge in [-0.15, -0.1) is 0 Å². The lowest BCUT2D eigenvalue weighted by Crippen LogP contribution is -2.30. The van der Waals surface area contributed by atoms with E-state index in [0.717, 1.165) is 12.8 Å². The zero-order valence-electron chi connectivity index (χ0n) is 17.3. The third-order valence-corrected chi connectivity index (χ3v) is 5.41. The molecule has 30 heavy (non-hydrogen) atoms. The summed E-state index contributed by atoms with van der Waals surface area (Å²) in [6.07, 6.45) is 2.35. The van der Waals surface area contributed by atoms with Crippen LogP contribution >= 0.6 is 11.6 Å². The monoisotopic (exact) mass is 436 g/mol. The van der Waals surface area contributed by atoms with Crippen LogP contribution < -0.4 is 19.5 Å². The lowest BCUT2D eigenvalue weighted by atomic mass is 10.2. The van der Waals surface area contributed by atoms with Crippen molar-refractivity contribution >= 4 is 23.2 Å². The molecule has 0 unspecified atom stereocenters. The highest BCUT2D eigenvalue weighted by atomic mass is 35.5. The number of hydrogen-bond acceptors (Lipinski definition) is 5. The van der Waals surface area contributed by atoms with Crippen LogP contribution in [0.2, 0.25) is 5.02 Å². The summed E-state index contributed by atoms with van der Waals surface area (Å²) in [7, 11) is 4.56. The molecule has 0 radical (unpaired) electrons. The maximum absolute atomic E-state index is 14.2. The molecule has 162 valence electrons. The molecule has 0 aromatic heterocycles. The molecule has 0 aliphatic heterocycles. The number of amides is 1. The Morgan fingerprint density at radius 3 is 2.37 bits per heavy atom. The van der Waals surface area contributed by atoms with Crippen molar-refractivity contribution in [3.05, 3.63) is 46.7 Å². The van der Waals surface area contributed by atoms with Crippen LogP contribution in [0.1, 0.15) is 24.8 Å². The number of nitrogens with one attached hydrogen (secondary N) is 1. The topological polar surface area (TPSA) is 60.0 Å². The van der Waals surface area contributed by atoms with Gasteiger partial charge < -0.3 is 19.5 Å². The second-order valence-corrected chi connectivity index (χ2v) is 7.52. The van der Waals surface area contributed by atoms with E-state index in [9.17, 15) is 9.18 Å². The van der Waals surface area contributed by atoms with Gasteiger partial charge in [-0.3, -0.25) is 9.69 Å². The van der Waals surface area contributed by atoms with Crippen molar-refractivity contribution in [2.75, 3.05) is 33.2 Å². The van der Waals surface area contributed by atoms with Crippen LogP contribution in [0.4, 0.5) is 10.1 Å². The van der Waals surface area contributed by atoms with Crippen LogP contribution in [0, 0.1) is 5.82 Å². The Balaban J connectivity index is 1.64. The molecule has 0 saturated heterocycles. The summed E-state index contributed by atoms with van der Waals surface area (Å²) < 4.78 is 30.1. The molecule has 1 amide bonds. The number of benzene rings is 2. The molecule has 0 bridgehead atoms. The normalized spacial score (nSPS) is 13.3. The smallest absolute Gasteiger partial charge is 0.225 e. The van der Waals surface area contributed by atoms with E-state index in [1.165, 1.54) is 27.4 Å². The van der Waals surface area contributed by atoms with E-state index >= 15 is 0 Å². The molecule has 1 fully saturated rings. The Morgan fingerprint density at radius 1 is 1.17 bits per heavy atom. The number of nitrogens with zero attached hydrogens (tertiary/aromatic N) is 1. The van der Waals surface area contributed by atoms with Crippen molar-refractivity contribution < 1.29 is 23.4 Å². The summed E-state index contributed by atoms with van der Waals surface area (Å²) in [6, 6.07) is 8.39. The molecule has 2 aromatic carbocycles. The first kappa shape index (κ1) is 22.2. The van der Waals surface area contributed by atoms with Gasteiger partial charge in [-0.2, -0.15) is 0 Å². The predicted octanol–water partition coefficient (Wildman–Crippen LogP) is 4.50. The Morgan fingerprint density at radius 2 is 1.83 bits per heavy atom. The summed E-state index contributed by atoms with van der Waals surface area (Å²) in [4.78, 5) is 14.7. The summed E-state index contributed by atoms with van der Waals surface area (Å²) >= 11 is 6.17. The minimum atomic E-state index is -0.324. The maximum atomic E-state index is 14.2. The first-order chi connectivity index (χ1) is 14.5. The Kier molecular flexibility index (Phi) is 7.39. The number of ether oxygens (including phenoxy) is 3. The average Bonchev–Trinajstić information content (AvgIpc) is 3.57. The minimum Gasteiger partial charge on any atom is -0.493 e. The first-order valence-corrected chi connectivity index (χ1v) is 10.1. The van der Waals surface area contributed by atoms with E-state index in [2.05, 4.69) is 10.2 Å². The Bertz CT molecular complexity index is 859. The van der Waals surface area contributed by atoms with E-state index in [1.807, 2.05) is 0 Å². The van der Waals surface area contributed by atoms with Crippen molar-refractivity contribution in [2.45, 2.75) is 31.8 Å². The molecule has 0 heterocycles. The Labute approximate surface area is 180 Å². The third-order valence-electron chi connectivity index (χ3n) is 5.06. The molecule has 1 saturated carbocycles. The van der Waals surface area contributed by atoms with Gasteiger partial charge in [0.25, 0.3) is 0 Å². The van der Waals surface area contributed by atoms with Crippen LogP contribution in [0.3, 0.4) is 0 Å². The molecular weight excluding hydrogens is 411 g/mol. The molecule has 1 N–H and O–H groups in total. The van der Waals surface area contributed by atoms with Gasteiger partial charge in [0, 0.05) is 54.0 Å². The number of rotatable bonds is 10. The highest BCUT2D eigenvalue weighted by Crippen LogP contribution is 2.40. The predicted molar refractivity (Wildman–Crippen MR) is 114 cm³/mol. The summed E-state index contributed by atoms with van der Waals surface area (Å²) in [5.41, 5.74) is 1.01. The van der Waals surface area contributed by atoms with Gasteiger partial charge in [0.15, 0.2) is 11.5 Å². The molecular formula is C22H26ClFN2O4. The summed E-state index contributed by atoms with van der Waals surface area (Å²) in [6.45, 7) is 0.888. The Hall–Kier alpha value is -2.51. The fourth-order valence-electron chi connectivity index (χ4n) is 3.34. The van der Waals surface area contributed by atoms with Crippen molar-refractivity contribution in [1.29, 1.82) is 0 Å². The standard InChI is InChI=1S/C22H26ClFN2O4/c1-28-19-11-14(12-20(29-2)22(19)30-3)25-21(27)9-10-26(15-7-8-15)13-16-17(23)5-4-6-18(16)24/h4-6,11-12,15H,7-10,13H2,1-3H3,(H,25,27). The third kappa shape index (κ3) is 5.34. The second kappa shape index (κ2) is 10.00. The minimum absolute atomic E-state index is 0.158. The van der Waals surface area contributed by atoms with E-state index in [1.54, 1.807) is 24.3 Å². The lowest BCUT2D eigenvalue weighted by Gasteiger charge is -2.22. The molecule has 0 atom stereocenters. The van der Waals surface area contributed by atoms with E-state index in [0.29, 0.717) is 52.7 Å². The second-order valence-electron chi connectivity index (χ2n) is 7.11. The average molecular weight is 437 g/mol. The van der Waals surface area contributed by atoms with Gasteiger partial charge in [0.2, 0.25) is 11.7 Å². The van der Waals surface area contributed by atoms with Crippen molar-refractivity contribution in [3.8, 4) is 17.2 Å². The van der Waals surface area contributed by atoms with E-state index < -0.39 is 0 Å². The van der Waals surface area contributed by atoms with Crippen LogP contribution in [0.5, 0.6) is 17.2 Å². The number of carbonyl (C=O) groups is 1. The van der Waals surface area contributed by atoms with Gasteiger partial charge in [0.05, 0.1) is 21.3 Å². The fourth-order valence-corrected chi connectivity index (χ4v) is 3.56. The fraction of sp³-hybridized carbons (Fsp3) is 0.409. The van der Waals surface area contributed by atoms with Gasteiger partial charge in [-0.25, -0.2) is 4.39 Å². The highest BCUT2D eigenvalue weighted by Gasteiger charge is 2.30. The van der Waals surface area contributed by atoms with Crippen LogP contribution in [0.15, 0.2) is 30.3 Å². The van der Waals surface area contributed by atoms with Crippen LogP contribution in [-0.4, -0.2) is 44.7 Å². The SMILES string of the molecule is COc1cc(NC(=O)CCN(Cc2c(F)cccc2Cl)C2CC2)cc(OC)c1OC. The van der Waals surface area contributed by atoms with Crippen molar-refractivity contribution in [3.63, 3.8) is 0 Å². The van der Waals surface area contributed by atoms with Gasteiger partial charge in [-0.05, 0) is 25.0 Å². The van der Waals surface area contributed by atoms with Crippen LogP contribution in [0.25, 0.3) is 0 Å². The first-order valence-electron chi connectivity index (χ1n) is 9.73. The zero-order valence-corrected chi connectivity index (χ0v) is 18.1. The molecule has 2 aromatic rings. The van der Waals surface area contributed by atoms with E-state index in [-0.39, 0.29) is 18.1 Å². The summed E-state index contributed by atoms with van der Waals surface area (Å²) in [5.74, 6) is 0.895. The van der Waals surface area contributed by atoms with Gasteiger partial charge in [0.1, 0.15) is 5.82 Å². The number of anilines is 1. The van der Waals surface area contributed by atoms with E-state index in [4.69, 9.17) is 25.8 Å². The van der Waals surface area contributed by atoms with Gasteiger partial charge >= 0.3 is 0 Å². The molecule has 8 heteroatoms. The summed E-state index contributed by atoms with van der Waals surface area (Å²) in [5, 5.41) is 3.27. The molecule has 1 aliphatic rings. The van der Waals surface area contributed by atoms with Crippen molar-refractivity contribution in [2.24, 2.45) is 0 Å². The molecule has 6 nitrogen and oxygen atoms in total. The number of methoxy groups -OCH3 is 3. The van der Waals surface area contributed by atoms with Gasteiger partial charge in [-0.1, -0.05) is 17.7 Å². The highest BCUT2D eigenvalue weighted by molar-refractivity contribution is 6.31. The lowest BCUT2D eigenvalue weighted by molar-refractivity contribution is -0.116. The largest absolute Gasteiger partial charge is 0.493 e. The quantitative estimate of drug-likeness (QED) is 0.594. The van der Waals surface area contributed by atoms with Crippen molar-refractivity contribution in [1.82, 2.24) is 4.90 Å². The van der Waals surface area contributed by atoms with Crippen LogP contribution in [-0.2, 0) is 11.3 Å². The maximum Gasteiger partial charge on any atom is 0.225 e. The zero-order chi connectivity index (χ0) is 21.7. The number of halogens is 2. The number of carbonyl (C=O) groups excluding carboxylic acids is 1. The molecule has 1 aliphatic carbocycles. The molecule has 3 rings (SSSR count). The number of hydrogen-bond donors (Lipinski definition) is 1. The molecule has 0 spiro atoms.